The molecule has 0 aliphatic heterocycles. The van der Waals surface area contributed by atoms with Gasteiger partial charge in [0, 0.05) is 19.6 Å². The molecule has 1 rings (SSSR count). The molecule has 1 unspecified atom stereocenters. The van der Waals surface area contributed by atoms with E-state index in [1.807, 2.05) is 26.0 Å². The second-order valence-electron chi connectivity index (χ2n) is 4.51. The third kappa shape index (κ3) is 5.44. The molecule has 0 bridgehead atoms. The van der Waals surface area contributed by atoms with E-state index < -0.39 is 13.6 Å². The third-order valence-corrected chi connectivity index (χ3v) is 4.73. The second kappa shape index (κ2) is 9.21. The maximum absolute atomic E-state index is 12.4. The molecule has 6 heteroatoms. The maximum atomic E-state index is 12.4. The zero-order valence-corrected chi connectivity index (χ0v) is 13.9. The van der Waals surface area contributed by atoms with Gasteiger partial charge >= 0.3 is 0 Å². The monoisotopic (exact) mass is 316 g/mol. The molecule has 0 aromatic heterocycles. The van der Waals surface area contributed by atoms with E-state index in [0.717, 1.165) is 5.56 Å². The Kier molecular flexibility index (Phi) is 7.97. The molecule has 0 heterocycles. The van der Waals surface area contributed by atoms with Gasteiger partial charge < -0.3 is 19.1 Å². The van der Waals surface area contributed by atoms with Crippen molar-refractivity contribution in [2.45, 2.75) is 39.1 Å². The van der Waals surface area contributed by atoms with Crippen LogP contribution in [-0.4, -0.2) is 30.5 Å². The summed E-state index contributed by atoms with van der Waals surface area (Å²) in [5.74, 6) is 0.225. The first kappa shape index (κ1) is 18.2. The largest absolute Gasteiger partial charge is 0.508 e. The topological polar surface area (TPSA) is 65.0 Å². The van der Waals surface area contributed by atoms with Crippen LogP contribution >= 0.6 is 8.03 Å². The molecule has 0 aliphatic carbocycles. The second-order valence-corrected chi connectivity index (χ2v) is 6.13. The summed E-state index contributed by atoms with van der Waals surface area (Å²) in [4.78, 5) is 0. The van der Waals surface area contributed by atoms with Crippen LogP contribution in [0.15, 0.2) is 24.3 Å². The first-order valence-corrected chi connectivity index (χ1v) is 8.62. The number of benzene rings is 1. The standard InChI is InChI=1S/C15H25O5P/c1-4-18-15(19-5-2,21(17)20-6-3)12-11-13-7-9-14(16)10-8-13/h7-10,16,21H,4-6,11-12H2,1-3H3. The van der Waals surface area contributed by atoms with E-state index in [2.05, 4.69) is 0 Å². The van der Waals surface area contributed by atoms with Gasteiger partial charge in [0.25, 0.3) is 0 Å². The zero-order valence-electron chi connectivity index (χ0n) is 12.9. The summed E-state index contributed by atoms with van der Waals surface area (Å²) in [6.07, 6.45) is 1.07. The summed E-state index contributed by atoms with van der Waals surface area (Å²) >= 11 is 0. The Bertz CT molecular complexity index is 426. The fourth-order valence-corrected chi connectivity index (χ4v) is 3.42. The predicted molar refractivity (Wildman–Crippen MR) is 83.0 cm³/mol. The number of aryl methyl sites for hydroxylation is 1. The van der Waals surface area contributed by atoms with Gasteiger partial charge in [0.15, 0.2) is 0 Å². The summed E-state index contributed by atoms with van der Waals surface area (Å²) < 4.78 is 29.0. The minimum absolute atomic E-state index is 0.225. The molecule has 120 valence electrons. The average molecular weight is 316 g/mol. The molecule has 0 aliphatic rings. The van der Waals surface area contributed by atoms with Gasteiger partial charge in [-0.25, -0.2) is 0 Å². The molecule has 0 spiro atoms. The van der Waals surface area contributed by atoms with Crippen LogP contribution in [0.25, 0.3) is 0 Å². The number of hydrogen-bond donors (Lipinski definition) is 1. The predicted octanol–water partition coefficient (Wildman–Crippen LogP) is 3.56. The number of aromatic hydroxyl groups is 1. The Morgan fingerprint density at radius 2 is 1.62 bits per heavy atom. The van der Waals surface area contributed by atoms with E-state index in [4.69, 9.17) is 14.0 Å². The minimum Gasteiger partial charge on any atom is -0.508 e. The van der Waals surface area contributed by atoms with Crippen molar-refractivity contribution in [3.63, 3.8) is 0 Å². The number of hydrogen-bond acceptors (Lipinski definition) is 5. The molecular weight excluding hydrogens is 291 g/mol. The van der Waals surface area contributed by atoms with Crippen molar-refractivity contribution >= 4 is 8.03 Å². The number of ether oxygens (including phenoxy) is 2. The lowest BCUT2D eigenvalue weighted by atomic mass is 10.1. The lowest BCUT2D eigenvalue weighted by Crippen LogP contribution is -2.33. The number of phenolic OH excluding ortho intramolecular Hbond substituents is 1. The minimum atomic E-state index is -2.48. The van der Waals surface area contributed by atoms with Crippen molar-refractivity contribution in [1.29, 1.82) is 0 Å². The van der Waals surface area contributed by atoms with Crippen LogP contribution in [0, 0.1) is 0 Å². The van der Waals surface area contributed by atoms with Gasteiger partial charge in [-0.05, 0) is 44.9 Å². The van der Waals surface area contributed by atoms with E-state index in [0.29, 0.717) is 32.7 Å². The number of phenols is 1. The van der Waals surface area contributed by atoms with Crippen molar-refractivity contribution in [2.75, 3.05) is 19.8 Å². The molecule has 1 aromatic rings. The van der Waals surface area contributed by atoms with Gasteiger partial charge in [0.1, 0.15) is 5.75 Å². The van der Waals surface area contributed by atoms with Gasteiger partial charge in [-0.15, -0.1) is 0 Å². The number of rotatable bonds is 10. The smallest absolute Gasteiger partial charge is 0.249 e. The summed E-state index contributed by atoms with van der Waals surface area (Å²) in [6, 6.07) is 6.92. The summed E-state index contributed by atoms with van der Waals surface area (Å²) in [5, 5.41) is 9.30. The van der Waals surface area contributed by atoms with Crippen molar-refractivity contribution in [3.05, 3.63) is 29.8 Å². The molecule has 1 N–H and O–H groups in total. The maximum Gasteiger partial charge on any atom is 0.249 e. The van der Waals surface area contributed by atoms with Crippen LogP contribution in [-0.2, 0) is 25.0 Å². The van der Waals surface area contributed by atoms with Gasteiger partial charge in [0.05, 0.1) is 6.61 Å². The molecule has 21 heavy (non-hydrogen) atoms. The fourth-order valence-electron chi connectivity index (χ4n) is 2.08. The van der Waals surface area contributed by atoms with E-state index in [1.165, 1.54) is 0 Å². The lowest BCUT2D eigenvalue weighted by molar-refractivity contribution is -0.180. The van der Waals surface area contributed by atoms with Crippen molar-refractivity contribution in [2.24, 2.45) is 0 Å². The Morgan fingerprint density at radius 3 is 2.10 bits per heavy atom. The molecule has 1 atom stereocenters. The molecular formula is C15H25O5P. The summed E-state index contributed by atoms with van der Waals surface area (Å²) in [6.45, 7) is 6.65. The Balaban J connectivity index is 2.83. The fraction of sp³-hybridized carbons (Fsp3) is 0.600. The molecule has 0 radical (unpaired) electrons. The van der Waals surface area contributed by atoms with Crippen molar-refractivity contribution < 1.29 is 23.7 Å². The first-order valence-electron chi connectivity index (χ1n) is 7.31. The highest BCUT2D eigenvalue weighted by Gasteiger charge is 2.39. The molecule has 0 amide bonds. The molecule has 0 saturated heterocycles. The Hall–Kier alpha value is -0.870. The molecule has 1 aromatic carbocycles. The Labute approximate surface area is 127 Å². The van der Waals surface area contributed by atoms with Crippen molar-refractivity contribution in [3.8, 4) is 5.75 Å². The van der Waals surface area contributed by atoms with Gasteiger partial charge in [-0.1, -0.05) is 12.1 Å². The highest BCUT2D eigenvalue weighted by atomic mass is 31.1. The Morgan fingerprint density at radius 1 is 1.05 bits per heavy atom. The molecule has 0 saturated carbocycles. The van der Waals surface area contributed by atoms with Gasteiger partial charge in [-0.2, -0.15) is 0 Å². The zero-order chi connectivity index (χ0) is 15.7. The SMILES string of the molecule is CCO[PH](=O)C(CCc1ccc(O)cc1)(OCC)OCC. The van der Waals surface area contributed by atoms with Crippen LogP contribution in [0.4, 0.5) is 0 Å². The van der Waals surface area contributed by atoms with Crippen LogP contribution < -0.4 is 0 Å². The highest BCUT2D eigenvalue weighted by Crippen LogP contribution is 2.45. The van der Waals surface area contributed by atoms with Crippen LogP contribution in [0.3, 0.4) is 0 Å². The normalized spacial score (nSPS) is 13.3. The van der Waals surface area contributed by atoms with Crippen LogP contribution in [0.2, 0.25) is 0 Å². The van der Waals surface area contributed by atoms with E-state index in [9.17, 15) is 9.67 Å². The van der Waals surface area contributed by atoms with E-state index >= 15 is 0 Å². The van der Waals surface area contributed by atoms with Gasteiger partial charge in [-0.3, -0.25) is 4.57 Å². The van der Waals surface area contributed by atoms with E-state index in [-0.39, 0.29) is 5.75 Å². The van der Waals surface area contributed by atoms with E-state index in [1.54, 1.807) is 19.1 Å². The quantitative estimate of drug-likeness (QED) is 0.528. The molecule has 5 nitrogen and oxygen atoms in total. The summed E-state index contributed by atoms with van der Waals surface area (Å²) in [7, 11) is -2.48. The third-order valence-electron chi connectivity index (χ3n) is 3.02. The first-order chi connectivity index (χ1) is 10.1. The van der Waals surface area contributed by atoms with Crippen LogP contribution in [0.1, 0.15) is 32.8 Å². The highest BCUT2D eigenvalue weighted by molar-refractivity contribution is 7.40. The van der Waals surface area contributed by atoms with Gasteiger partial charge in [0.2, 0.25) is 13.6 Å². The van der Waals surface area contributed by atoms with Crippen molar-refractivity contribution in [1.82, 2.24) is 0 Å². The van der Waals surface area contributed by atoms with Crippen LogP contribution in [0.5, 0.6) is 5.75 Å². The molecule has 0 fully saturated rings. The average Bonchev–Trinajstić information content (AvgIpc) is 2.47. The summed E-state index contributed by atoms with van der Waals surface area (Å²) in [5.41, 5.74) is -0.162. The lowest BCUT2D eigenvalue weighted by Gasteiger charge is -2.32.